The Kier molecular flexibility index (Phi) is 9.18. The summed E-state index contributed by atoms with van der Waals surface area (Å²) in [5, 5.41) is 34.1. The highest BCUT2D eigenvalue weighted by atomic mass is 16.5. The van der Waals surface area contributed by atoms with E-state index in [1.807, 2.05) is 0 Å². The molecule has 0 bridgehead atoms. The third-order valence-corrected chi connectivity index (χ3v) is 5.65. The van der Waals surface area contributed by atoms with E-state index in [0.29, 0.717) is 31.0 Å². The fraction of sp³-hybridized carbons (Fsp3) is 0.400. The van der Waals surface area contributed by atoms with Gasteiger partial charge in [-0.15, -0.1) is 0 Å². The Morgan fingerprint density at radius 3 is 2.77 bits per heavy atom. The van der Waals surface area contributed by atoms with E-state index >= 15 is 0 Å². The van der Waals surface area contributed by atoms with Crippen molar-refractivity contribution >= 4 is 17.8 Å². The molecule has 10 heteroatoms. The largest absolute Gasteiger partial charge is 0.507 e. The zero-order valence-corrected chi connectivity index (χ0v) is 19.7. The third kappa shape index (κ3) is 7.25. The number of ether oxygens (including phenoxy) is 2. The molecule has 188 valence electrons. The number of rotatable bonds is 6. The smallest absolute Gasteiger partial charge is 0.342 e. The molecule has 0 saturated heterocycles. The van der Waals surface area contributed by atoms with Gasteiger partial charge in [-0.2, -0.15) is 0 Å². The van der Waals surface area contributed by atoms with E-state index in [9.17, 15) is 24.9 Å². The van der Waals surface area contributed by atoms with E-state index in [1.165, 1.54) is 30.4 Å². The molecule has 0 spiro atoms. The maximum absolute atomic E-state index is 12.9. The van der Waals surface area contributed by atoms with Gasteiger partial charge in [0.2, 0.25) is 0 Å². The number of carbonyl (C=O) groups excluding carboxylic acids is 2. The van der Waals surface area contributed by atoms with Crippen LogP contribution >= 0.6 is 0 Å². The zero-order valence-electron chi connectivity index (χ0n) is 19.7. The predicted octanol–water partition coefficient (Wildman–Crippen LogP) is 1.73. The summed E-state index contributed by atoms with van der Waals surface area (Å²) < 4.78 is 11.2. The third-order valence-electron chi connectivity index (χ3n) is 5.65. The summed E-state index contributed by atoms with van der Waals surface area (Å²) in [6.07, 6.45) is 5.51. The molecule has 3 unspecified atom stereocenters. The SMILES string of the molecule is CC1OC(=O)c2c(O)cc(OCCNCc3ncc[nH]3)cc2/C=C/CC(O)C(O)C(=O)/C=C\[C@H]1C. The van der Waals surface area contributed by atoms with E-state index in [0.717, 1.165) is 5.82 Å². The van der Waals surface area contributed by atoms with Crippen LogP contribution in [0.5, 0.6) is 11.5 Å². The topological polar surface area (TPSA) is 154 Å². The van der Waals surface area contributed by atoms with Crippen LogP contribution in [0.4, 0.5) is 0 Å². The van der Waals surface area contributed by atoms with E-state index in [-0.39, 0.29) is 23.7 Å². The quantitative estimate of drug-likeness (QED) is 0.304. The van der Waals surface area contributed by atoms with Crippen molar-refractivity contribution in [3.8, 4) is 11.5 Å². The van der Waals surface area contributed by atoms with Crippen molar-refractivity contribution in [2.45, 2.75) is 45.1 Å². The van der Waals surface area contributed by atoms with Gasteiger partial charge in [0, 0.05) is 30.9 Å². The van der Waals surface area contributed by atoms with Crippen LogP contribution in [-0.4, -0.2) is 68.5 Å². The number of aromatic nitrogens is 2. The molecule has 1 aromatic heterocycles. The fourth-order valence-corrected chi connectivity index (χ4v) is 3.39. The summed E-state index contributed by atoms with van der Waals surface area (Å²) in [4.78, 5) is 32.1. The Morgan fingerprint density at radius 2 is 2.03 bits per heavy atom. The van der Waals surface area contributed by atoms with Gasteiger partial charge >= 0.3 is 5.97 Å². The minimum absolute atomic E-state index is 0.0456. The summed E-state index contributed by atoms with van der Waals surface area (Å²) in [5.74, 6) is -0.903. The van der Waals surface area contributed by atoms with Crippen LogP contribution in [0, 0.1) is 5.92 Å². The Morgan fingerprint density at radius 1 is 1.23 bits per heavy atom. The first-order valence-electron chi connectivity index (χ1n) is 11.4. The number of fused-ring (bicyclic) bond motifs is 1. The number of aromatic amines is 1. The average molecular weight is 486 g/mol. The number of hydrogen-bond acceptors (Lipinski definition) is 9. The van der Waals surface area contributed by atoms with Gasteiger partial charge < -0.3 is 35.1 Å². The zero-order chi connectivity index (χ0) is 25.4. The highest BCUT2D eigenvalue weighted by molar-refractivity contribution is 5.97. The van der Waals surface area contributed by atoms with Crippen LogP contribution < -0.4 is 10.1 Å². The Bertz CT molecular complexity index is 1070. The highest BCUT2D eigenvalue weighted by Crippen LogP contribution is 2.31. The van der Waals surface area contributed by atoms with Crippen LogP contribution in [0.25, 0.3) is 6.08 Å². The molecule has 2 heterocycles. The van der Waals surface area contributed by atoms with Crippen molar-refractivity contribution in [2.75, 3.05) is 13.2 Å². The fourth-order valence-electron chi connectivity index (χ4n) is 3.39. The van der Waals surface area contributed by atoms with Gasteiger partial charge in [0.15, 0.2) is 5.78 Å². The highest BCUT2D eigenvalue weighted by Gasteiger charge is 2.25. The lowest BCUT2D eigenvalue weighted by Crippen LogP contribution is -2.32. The number of imidazole rings is 1. The average Bonchev–Trinajstić information content (AvgIpc) is 3.34. The molecule has 3 rings (SSSR count). The number of aliphatic hydroxyl groups excluding tert-OH is 2. The first-order valence-corrected chi connectivity index (χ1v) is 11.4. The van der Waals surface area contributed by atoms with Crippen molar-refractivity contribution in [2.24, 2.45) is 5.92 Å². The molecule has 35 heavy (non-hydrogen) atoms. The van der Waals surface area contributed by atoms with Crippen LogP contribution in [0.1, 0.15) is 42.0 Å². The summed E-state index contributed by atoms with van der Waals surface area (Å²) in [6.45, 7) is 4.75. The minimum atomic E-state index is -1.58. The second-order valence-corrected chi connectivity index (χ2v) is 8.35. The van der Waals surface area contributed by atoms with Gasteiger partial charge in [0.1, 0.15) is 41.7 Å². The summed E-state index contributed by atoms with van der Waals surface area (Å²) in [7, 11) is 0. The lowest BCUT2D eigenvalue weighted by atomic mass is 9.99. The Labute approximate surface area is 203 Å². The number of aliphatic hydroxyl groups is 2. The molecule has 0 aliphatic carbocycles. The Hall–Kier alpha value is -3.47. The summed E-state index contributed by atoms with van der Waals surface area (Å²) >= 11 is 0. The van der Waals surface area contributed by atoms with Gasteiger partial charge in [0.05, 0.1) is 12.6 Å². The standard InChI is InChI=1S/C25H31N3O7/c1-15-6-7-20(30)24(32)19(29)5-3-4-17-12-18(13-21(31)23(17)25(33)35-16(15)2)34-11-10-26-14-22-27-8-9-28-22/h3-4,6-9,12-13,15-16,19,24,26,29,31-32H,5,10-11,14H2,1-2H3,(H,27,28)/b4-3+,7-6-/t15-,16?,19?,24?/m1/s1. The summed E-state index contributed by atoms with van der Waals surface area (Å²) in [6, 6.07) is 2.92. The molecule has 5 N–H and O–H groups in total. The lowest BCUT2D eigenvalue weighted by molar-refractivity contribution is -0.127. The minimum Gasteiger partial charge on any atom is -0.507 e. The molecule has 0 saturated carbocycles. The number of phenols is 1. The molecule has 1 aliphatic heterocycles. The number of benzene rings is 1. The molecule has 1 aromatic carbocycles. The predicted molar refractivity (Wildman–Crippen MR) is 128 cm³/mol. The van der Waals surface area contributed by atoms with Crippen LogP contribution in [-0.2, 0) is 16.1 Å². The molecule has 1 aliphatic rings. The number of carbonyl (C=O) groups is 2. The van der Waals surface area contributed by atoms with E-state index in [4.69, 9.17) is 9.47 Å². The van der Waals surface area contributed by atoms with E-state index in [1.54, 1.807) is 32.3 Å². The van der Waals surface area contributed by atoms with Gasteiger partial charge in [-0.1, -0.05) is 25.2 Å². The van der Waals surface area contributed by atoms with E-state index < -0.39 is 30.1 Å². The molecule has 0 fully saturated rings. The number of ketones is 1. The molecule has 4 atom stereocenters. The maximum Gasteiger partial charge on any atom is 0.342 e. The lowest BCUT2D eigenvalue weighted by Gasteiger charge is -2.20. The van der Waals surface area contributed by atoms with Gasteiger partial charge in [-0.05, 0) is 31.1 Å². The van der Waals surface area contributed by atoms with Crippen LogP contribution in [0.15, 0.2) is 42.8 Å². The normalized spacial score (nSPS) is 25.3. The number of H-pyrrole nitrogens is 1. The summed E-state index contributed by atoms with van der Waals surface area (Å²) in [5.41, 5.74) is 0.268. The number of nitrogens with zero attached hydrogens (tertiary/aromatic N) is 1. The van der Waals surface area contributed by atoms with Crippen molar-refractivity contribution < 1.29 is 34.4 Å². The second-order valence-electron chi connectivity index (χ2n) is 8.35. The molecule has 2 aromatic rings. The van der Waals surface area contributed by atoms with Crippen molar-refractivity contribution in [3.63, 3.8) is 0 Å². The monoisotopic (exact) mass is 485 g/mol. The number of nitrogens with one attached hydrogen (secondary N) is 2. The molecular formula is C25H31N3O7. The number of phenolic OH excluding ortho intramolecular Hbond substituents is 1. The van der Waals surface area contributed by atoms with Gasteiger partial charge in [0.25, 0.3) is 0 Å². The van der Waals surface area contributed by atoms with Crippen molar-refractivity contribution in [3.05, 3.63) is 59.7 Å². The van der Waals surface area contributed by atoms with Gasteiger partial charge in [-0.3, -0.25) is 4.79 Å². The number of hydrogen-bond donors (Lipinski definition) is 5. The van der Waals surface area contributed by atoms with Crippen LogP contribution in [0.3, 0.4) is 0 Å². The Balaban J connectivity index is 1.78. The number of aromatic hydroxyl groups is 1. The van der Waals surface area contributed by atoms with Gasteiger partial charge in [-0.25, -0.2) is 9.78 Å². The number of esters is 1. The van der Waals surface area contributed by atoms with Crippen molar-refractivity contribution in [1.29, 1.82) is 0 Å². The molecule has 10 nitrogen and oxygen atoms in total. The van der Waals surface area contributed by atoms with E-state index in [2.05, 4.69) is 15.3 Å². The second kappa shape index (κ2) is 12.3. The number of cyclic esters (lactones) is 1. The molecule has 0 amide bonds. The van der Waals surface area contributed by atoms with Crippen molar-refractivity contribution in [1.82, 2.24) is 15.3 Å². The maximum atomic E-state index is 12.9. The van der Waals surface area contributed by atoms with Crippen LogP contribution in [0.2, 0.25) is 0 Å². The molecular weight excluding hydrogens is 454 g/mol. The first kappa shape index (κ1) is 26.1. The first-order chi connectivity index (χ1) is 16.8. The molecule has 0 radical (unpaired) electrons.